The smallest absolute Gasteiger partial charge is 0.264 e. The van der Waals surface area contributed by atoms with E-state index in [2.05, 4.69) is 40.3 Å². The Balaban J connectivity index is 1.59. The first-order chi connectivity index (χ1) is 14.3. The Morgan fingerprint density at radius 3 is 2.20 bits per heavy atom. The molecule has 0 aromatic heterocycles. The van der Waals surface area contributed by atoms with E-state index in [1.807, 2.05) is 31.2 Å². The van der Waals surface area contributed by atoms with Crippen molar-refractivity contribution in [1.29, 1.82) is 0 Å². The minimum Gasteiger partial charge on any atom is -0.301 e. The number of sulfonamides is 1. The molecule has 0 saturated carbocycles. The summed E-state index contributed by atoms with van der Waals surface area (Å²) in [6.45, 7) is 15.7. The minimum absolute atomic E-state index is 0.351. The molecule has 6 nitrogen and oxygen atoms in total. The summed E-state index contributed by atoms with van der Waals surface area (Å²) < 4.78 is 28.1. The average molecular weight is 433 g/mol. The quantitative estimate of drug-likeness (QED) is 0.640. The Bertz CT molecular complexity index is 880. The first-order valence-corrected chi connectivity index (χ1v) is 12.6. The standard InChI is InChI=1S/C23H36N4O2S/c1-5-12-26-14-16-27(17-15-26)13-6-11-24-23-19(4)22(30(28,29)25-23)21-9-7-20(8-10-21)18(2)3/h7-10,18H,5-6,11-17H2,1-4H3,(H,24,25). The van der Waals surface area contributed by atoms with E-state index < -0.39 is 10.0 Å². The van der Waals surface area contributed by atoms with Gasteiger partial charge in [0.15, 0.2) is 0 Å². The highest BCUT2D eigenvalue weighted by molar-refractivity contribution is 8.00. The Labute approximate surface area is 182 Å². The van der Waals surface area contributed by atoms with E-state index in [9.17, 15) is 8.42 Å². The molecule has 1 N–H and O–H groups in total. The summed E-state index contributed by atoms with van der Waals surface area (Å²) in [7, 11) is -3.56. The normalized spacial score (nSPS) is 21.6. The summed E-state index contributed by atoms with van der Waals surface area (Å²) in [5.74, 6) is 0.907. The van der Waals surface area contributed by atoms with Crippen LogP contribution in [-0.4, -0.2) is 69.9 Å². The molecule has 0 spiro atoms. The Kier molecular flexibility index (Phi) is 7.71. The van der Waals surface area contributed by atoms with Gasteiger partial charge in [-0.2, -0.15) is 0 Å². The molecule has 0 radical (unpaired) electrons. The third-order valence-electron chi connectivity index (χ3n) is 5.94. The van der Waals surface area contributed by atoms with Gasteiger partial charge in [0.1, 0.15) is 10.7 Å². The van der Waals surface area contributed by atoms with Crippen molar-refractivity contribution in [3.8, 4) is 0 Å². The summed E-state index contributed by atoms with van der Waals surface area (Å²) in [6.07, 6.45) is 2.15. The number of amidine groups is 1. The fourth-order valence-corrected chi connectivity index (χ4v) is 5.66. The zero-order chi connectivity index (χ0) is 21.7. The number of hydrogen-bond acceptors (Lipinski definition) is 5. The zero-order valence-electron chi connectivity index (χ0n) is 18.8. The van der Waals surface area contributed by atoms with E-state index >= 15 is 0 Å². The summed E-state index contributed by atoms with van der Waals surface area (Å²) >= 11 is 0. The fourth-order valence-electron chi connectivity index (χ4n) is 4.14. The van der Waals surface area contributed by atoms with Crippen LogP contribution in [0, 0.1) is 0 Å². The lowest BCUT2D eigenvalue weighted by molar-refractivity contribution is 0.132. The molecule has 166 valence electrons. The van der Waals surface area contributed by atoms with Crippen LogP contribution in [0.5, 0.6) is 0 Å². The van der Waals surface area contributed by atoms with Crippen LogP contribution >= 0.6 is 0 Å². The van der Waals surface area contributed by atoms with Gasteiger partial charge in [-0.15, -0.1) is 0 Å². The lowest BCUT2D eigenvalue weighted by Gasteiger charge is -2.34. The van der Waals surface area contributed by atoms with Crippen molar-refractivity contribution in [2.75, 3.05) is 45.8 Å². The van der Waals surface area contributed by atoms with Crippen LogP contribution in [0.3, 0.4) is 0 Å². The van der Waals surface area contributed by atoms with Crippen molar-refractivity contribution in [2.24, 2.45) is 4.99 Å². The summed E-state index contributed by atoms with van der Waals surface area (Å²) in [4.78, 5) is 9.94. The molecule has 30 heavy (non-hydrogen) atoms. The van der Waals surface area contributed by atoms with Gasteiger partial charge < -0.3 is 9.80 Å². The molecule has 1 saturated heterocycles. The molecular weight excluding hydrogens is 396 g/mol. The van der Waals surface area contributed by atoms with Gasteiger partial charge in [0, 0.05) is 38.3 Å². The molecule has 0 amide bonds. The predicted octanol–water partition coefficient (Wildman–Crippen LogP) is 3.29. The molecule has 0 aliphatic carbocycles. The van der Waals surface area contributed by atoms with Crippen molar-refractivity contribution in [3.05, 3.63) is 41.0 Å². The van der Waals surface area contributed by atoms with Crippen LogP contribution < -0.4 is 4.72 Å². The van der Waals surface area contributed by atoms with Gasteiger partial charge in [0.25, 0.3) is 10.0 Å². The van der Waals surface area contributed by atoms with E-state index in [0.717, 1.165) is 44.7 Å². The van der Waals surface area contributed by atoms with E-state index in [1.54, 1.807) is 0 Å². The number of nitrogens with zero attached hydrogens (tertiary/aromatic N) is 3. The summed E-state index contributed by atoms with van der Waals surface area (Å²) in [5.41, 5.74) is 2.63. The number of piperazine rings is 1. The second kappa shape index (κ2) is 10.1. The average Bonchev–Trinajstić information content (AvgIpc) is 2.95. The number of nitrogens with one attached hydrogen (secondary N) is 1. The van der Waals surface area contributed by atoms with Crippen molar-refractivity contribution in [3.63, 3.8) is 0 Å². The van der Waals surface area contributed by atoms with E-state index in [0.29, 0.717) is 28.8 Å². The number of rotatable bonds is 8. The molecule has 0 atom stereocenters. The second-order valence-corrected chi connectivity index (χ2v) is 10.2. The van der Waals surface area contributed by atoms with E-state index in [-0.39, 0.29) is 0 Å². The molecule has 0 unspecified atom stereocenters. The number of aliphatic imine (C=N–C) groups is 1. The molecular formula is C23H36N4O2S. The Hall–Kier alpha value is -1.70. The fraction of sp³-hybridized carbons (Fsp3) is 0.609. The third-order valence-corrected chi connectivity index (χ3v) is 7.48. The molecule has 1 aromatic carbocycles. The first-order valence-electron chi connectivity index (χ1n) is 11.2. The van der Waals surface area contributed by atoms with Gasteiger partial charge in [0.05, 0.1) is 0 Å². The first kappa shape index (κ1) is 23.0. The topological polar surface area (TPSA) is 65.0 Å². The maximum Gasteiger partial charge on any atom is 0.264 e. The van der Waals surface area contributed by atoms with Crippen LogP contribution in [-0.2, 0) is 10.0 Å². The van der Waals surface area contributed by atoms with Gasteiger partial charge in [0.2, 0.25) is 0 Å². The van der Waals surface area contributed by atoms with E-state index in [4.69, 9.17) is 0 Å². The SMILES string of the molecule is CCCN1CCN(CCCN=C2NS(=O)(=O)C(c3ccc(C(C)C)cc3)=C2C)CC1. The summed E-state index contributed by atoms with van der Waals surface area (Å²) in [6, 6.07) is 7.80. The minimum atomic E-state index is -3.56. The molecule has 2 aliphatic rings. The van der Waals surface area contributed by atoms with Crippen LogP contribution in [0.25, 0.3) is 4.91 Å². The molecule has 1 fully saturated rings. The van der Waals surface area contributed by atoms with Gasteiger partial charge in [-0.25, -0.2) is 8.42 Å². The predicted molar refractivity (Wildman–Crippen MR) is 125 cm³/mol. The van der Waals surface area contributed by atoms with Crippen molar-refractivity contribution < 1.29 is 8.42 Å². The number of benzene rings is 1. The molecule has 7 heteroatoms. The van der Waals surface area contributed by atoms with E-state index in [1.165, 1.54) is 18.5 Å². The van der Waals surface area contributed by atoms with Crippen LogP contribution in [0.4, 0.5) is 0 Å². The van der Waals surface area contributed by atoms with Crippen LogP contribution in [0.2, 0.25) is 0 Å². The van der Waals surface area contributed by atoms with Crippen molar-refractivity contribution >= 4 is 20.8 Å². The molecule has 2 aliphatic heterocycles. The third kappa shape index (κ3) is 5.50. The highest BCUT2D eigenvalue weighted by Gasteiger charge is 2.32. The molecule has 3 rings (SSSR count). The monoisotopic (exact) mass is 432 g/mol. The van der Waals surface area contributed by atoms with Gasteiger partial charge >= 0.3 is 0 Å². The molecule has 1 aromatic rings. The highest BCUT2D eigenvalue weighted by atomic mass is 32.2. The number of hydrogen-bond donors (Lipinski definition) is 1. The van der Waals surface area contributed by atoms with Gasteiger partial charge in [-0.05, 0) is 49.9 Å². The molecule has 0 bridgehead atoms. The second-order valence-electron chi connectivity index (χ2n) is 8.60. The maximum atomic E-state index is 12.7. The van der Waals surface area contributed by atoms with Crippen molar-refractivity contribution in [2.45, 2.75) is 46.5 Å². The lowest BCUT2D eigenvalue weighted by atomic mass is 10.0. The van der Waals surface area contributed by atoms with Crippen molar-refractivity contribution in [1.82, 2.24) is 14.5 Å². The Morgan fingerprint density at radius 2 is 1.63 bits per heavy atom. The van der Waals surface area contributed by atoms with Crippen LogP contribution in [0.1, 0.15) is 57.6 Å². The highest BCUT2D eigenvalue weighted by Crippen LogP contribution is 2.30. The largest absolute Gasteiger partial charge is 0.301 e. The maximum absolute atomic E-state index is 12.7. The molecule has 2 heterocycles. The zero-order valence-corrected chi connectivity index (χ0v) is 19.6. The lowest BCUT2D eigenvalue weighted by Crippen LogP contribution is -2.46. The Morgan fingerprint density at radius 1 is 1.03 bits per heavy atom. The van der Waals surface area contributed by atoms with Gasteiger partial charge in [-0.1, -0.05) is 45.0 Å². The summed E-state index contributed by atoms with van der Waals surface area (Å²) in [5, 5.41) is 0. The van der Waals surface area contributed by atoms with Gasteiger partial charge in [-0.3, -0.25) is 9.71 Å². The van der Waals surface area contributed by atoms with Crippen LogP contribution in [0.15, 0.2) is 34.8 Å².